The molecule has 2 N–H and O–H groups in total. The van der Waals surface area contributed by atoms with E-state index in [0.29, 0.717) is 23.1 Å². The van der Waals surface area contributed by atoms with Crippen molar-refractivity contribution in [3.63, 3.8) is 0 Å². The lowest BCUT2D eigenvalue weighted by Gasteiger charge is -2.16. The largest absolute Gasteiger partial charge is 0.454 e. The van der Waals surface area contributed by atoms with E-state index in [1.54, 1.807) is 18.2 Å². The highest BCUT2D eigenvalue weighted by Crippen LogP contribution is 2.34. The van der Waals surface area contributed by atoms with Crippen LogP contribution in [0.5, 0.6) is 11.5 Å². The number of hydrogen-bond donors (Lipinski definition) is 2. The number of hydrogen-bond acceptors (Lipinski definition) is 3. The number of urea groups is 1. The number of amides is 2. The smallest absolute Gasteiger partial charge is 0.323 e. The van der Waals surface area contributed by atoms with Crippen LogP contribution in [0.3, 0.4) is 0 Å². The molecule has 0 saturated carbocycles. The SMILES string of the molecule is CCC(C)c1ccccc1NC(=O)Nc1ccc2c(c1)OCO2. The number of carbonyl (C=O) groups is 1. The maximum absolute atomic E-state index is 12.3. The average molecular weight is 312 g/mol. The molecule has 0 radical (unpaired) electrons. The Hall–Kier alpha value is -2.69. The predicted molar refractivity (Wildman–Crippen MR) is 90.4 cm³/mol. The fourth-order valence-electron chi connectivity index (χ4n) is 2.52. The molecule has 3 rings (SSSR count). The van der Waals surface area contributed by atoms with E-state index in [0.717, 1.165) is 17.7 Å². The highest BCUT2D eigenvalue weighted by molar-refractivity contribution is 6.00. The van der Waals surface area contributed by atoms with Gasteiger partial charge in [0, 0.05) is 17.4 Å². The summed E-state index contributed by atoms with van der Waals surface area (Å²) >= 11 is 0. The molecule has 1 atom stereocenters. The number of nitrogens with one attached hydrogen (secondary N) is 2. The standard InChI is InChI=1S/C18H20N2O3/c1-3-12(2)14-6-4-5-7-15(14)20-18(21)19-13-8-9-16-17(10-13)23-11-22-16/h4-10,12H,3,11H2,1-2H3,(H2,19,20,21). The van der Waals surface area contributed by atoms with Gasteiger partial charge in [-0.05, 0) is 36.1 Å². The van der Waals surface area contributed by atoms with E-state index in [1.165, 1.54) is 0 Å². The zero-order valence-electron chi connectivity index (χ0n) is 13.3. The molecular weight excluding hydrogens is 292 g/mol. The second kappa shape index (κ2) is 6.60. The molecule has 0 aromatic heterocycles. The minimum Gasteiger partial charge on any atom is -0.454 e. The van der Waals surface area contributed by atoms with Crippen molar-refractivity contribution in [1.29, 1.82) is 0 Å². The molecular formula is C18H20N2O3. The summed E-state index contributed by atoms with van der Waals surface area (Å²) in [5.74, 6) is 1.72. The van der Waals surface area contributed by atoms with Gasteiger partial charge >= 0.3 is 6.03 Å². The number of ether oxygens (including phenoxy) is 2. The summed E-state index contributed by atoms with van der Waals surface area (Å²) in [5.41, 5.74) is 2.63. The van der Waals surface area contributed by atoms with E-state index < -0.39 is 0 Å². The van der Waals surface area contributed by atoms with Gasteiger partial charge in [0.2, 0.25) is 6.79 Å². The Kier molecular flexibility index (Phi) is 4.37. The van der Waals surface area contributed by atoms with Gasteiger partial charge in [-0.2, -0.15) is 0 Å². The summed E-state index contributed by atoms with van der Waals surface area (Å²) in [6.07, 6.45) is 1.02. The Morgan fingerprint density at radius 2 is 1.91 bits per heavy atom. The van der Waals surface area contributed by atoms with Gasteiger partial charge in [-0.1, -0.05) is 32.0 Å². The van der Waals surface area contributed by atoms with E-state index >= 15 is 0 Å². The first-order valence-electron chi connectivity index (χ1n) is 7.74. The Balaban J connectivity index is 1.70. The predicted octanol–water partition coefficient (Wildman–Crippen LogP) is 4.57. The van der Waals surface area contributed by atoms with Gasteiger partial charge in [0.1, 0.15) is 0 Å². The van der Waals surface area contributed by atoms with Crippen LogP contribution in [0.25, 0.3) is 0 Å². The fourth-order valence-corrected chi connectivity index (χ4v) is 2.52. The van der Waals surface area contributed by atoms with Crippen molar-refractivity contribution < 1.29 is 14.3 Å². The van der Waals surface area contributed by atoms with Gasteiger partial charge in [-0.3, -0.25) is 0 Å². The Bertz CT molecular complexity index is 715. The lowest BCUT2D eigenvalue weighted by molar-refractivity contribution is 0.174. The maximum Gasteiger partial charge on any atom is 0.323 e. The number of para-hydroxylation sites is 1. The molecule has 120 valence electrons. The molecule has 2 aromatic rings. The number of fused-ring (bicyclic) bond motifs is 1. The number of anilines is 2. The molecule has 5 heteroatoms. The molecule has 1 heterocycles. The summed E-state index contributed by atoms with van der Waals surface area (Å²) in [4.78, 5) is 12.3. The second-order valence-electron chi connectivity index (χ2n) is 5.54. The van der Waals surface area contributed by atoms with Crippen molar-refractivity contribution in [3.05, 3.63) is 48.0 Å². The normalized spacial score (nSPS) is 13.5. The van der Waals surface area contributed by atoms with Crippen molar-refractivity contribution >= 4 is 17.4 Å². The van der Waals surface area contributed by atoms with Gasteiger partial charge in [-0.15, -0.1) is 0 Å². The van der Waals surface area contributed by atoms with E-state index in [1.807, 2.05) is 24.3 Å². The van der Waals surface area contributed by atoms with Crippen LogP contribution in [0, 0.1) is 0 Å². The number of carbonyl (C=O) groups excluding carboxylic acids is 1. The summed E-state index contributed by atoms with van der Waals surface area (Å²) in [6.45, 7) is 4.50. The average Bonchev–Trinajstić information content (AvgIpc) is 3.02. The Morgan fingerprint density at radius 1 is 1.13 bits per heavy atom. The molecule has 0 spiro atoms. The lowest BCUT2D eigenvalue weighted by atomic mass is 9.97. The number of benzene rings is 2. The van der Waals surface area contributed by atoms with Crippen molar-refractivity contribution in [2.24, 2.45) is 0 Å². The Labute approximate surface area is 135 Å². The van der Waals surface area contributed by atoms with E-state index in [9.17, 15) is 4.79 Å². The summed E-state index contributed by atoms with van der Waals surface area (Å²) in [5, 5.41) is 5.74. The zero-order chi connectivity index (χ0) is 16.2. The highest BCUT2D eigenvalue weighted by atomic mass is 16.7. The third kappa shape index (κ3) is 3.39. The second-order valence-corrected chi connectivity index (χ2v) is 5.54. The van der Waals surface area contributed by atoms with Crippen LogP contribution in [0.2, 0.25) is 0 Å². The van der Waals surface area contributed by atoms with Crippen LogP contribution in [0.4, 0.5) is 16.2 Å². The van der Waals surface area contributed by atoms with Crippen LogP contribution in [-0.2, 0) is 0 Å². The molecule has 0 fully saturated rings. The van der Waals surface area contributed by atoms with E-state index in [2.05, 4.69) is 24.5 Å². The van der Waals surface area contributed by atoms with Crippen LogP contribution in [0.15, 0.2) is 42.5 Å². The van der Waals surface area contributed by atoms with E-state index in [4.69, 9.17) is 9.47 Å². The molecule has 1 aliphatic rings. The first-order valence-corrected chi connectivity index (χ1v) is 7.74. The number of rotatable bonds is 4. The highest BCUT2D eigenvalue weighted by Gasteiger charge is 2.15. The quantitative estimate of drug-likeness (QED) is 0.869. The lowest BCUT2D eigenvalue weighted by Crippen LogP contribution is -2.20. The summed E-state index contributed by atoms with van der Waals surface area (Å²) in [7, 11) is 0. The van der Waals surface area contributed by atoms with Crippen molar-refractivity contribution in [3.8, 4) is 11.5 Å². The minimum absolute atomic E-state index is 0.216. The molecule has 0 saturated heterocycles. The topological polar surface area (TPSA) is 59.6 Å². The van der Waals surface area contributed by atoms with Gasteiger partial charge in [0.25, 0.3) is 0 Å². The van der Waals surface area contributed by atoms with Gasteiger partial charge in [0.05, 0.1) is 0 Å². The van der Waals surface area contributed by atoms with Crippen molar-refractivity contribution in [2.75, 3.05) is 17.4 Å². The van der Waals surface area contributed by atoms with Gasteiger partial charge < -0.3 is 20.1 Å². The summed E-state index contributed by atoms with van der Waals surface area (Å²) in [6, 6.07) is 12.9. The minimum atomic E-state index is -0.278. The molecule has 1 aliphatic heterocycles. The fraction of sp³-hybridized carbons (Fsp3) is 0.278. The Morgan fingerprint density at radius 3 is 2.74 bits per heavy atom. The van der Waals surface area contributed by atoms with Crippen molar-refractivity contribution in [1.82, 2.24) is 0 Å². The first kappa shape index (κ1) is 15.2. The third-order valence-corrected chi connectivity index (χ3v) is 3.98. The first-order chi connectivity index (χ1) is 11.2. The van der Waals surface area contributed by atoms with Crippen LogP contribution < -0.4 is 20.1 Å². The molecule has 23 heavy (non-hydrogen) atoms. The molecule has 5 nitrogen and oxygen atoms in total. The van der Waals surface area contributed by atoms with Crippen molar-refractivity contribution in [2.45, 2.75) is 26.2 Å². The molecule has 0 aliphatic carbocycles. The van der Waals surface area contributed by atoms with Crippen LogP contribution in [-0.4, -0.2) is 12.8 Å². The third-order valence-electron chi connectivity index (χ3n) is 3.98. The molecule has 2 aromatic carbocycles. The molecule has 2 amide bonds. The zero-order valence-corrected chi connectivity index (χ0v) is 13.3. The molecule has 0 bridgehead atoms. The maximum atomic E-state index is 12.3. The molecule has 1 unspecified atom stereocenters. The van der Waals surface area contributed by atoms with Gasteiger partial charge in [-0.25, -0.2) is 4.79 Å². The van der Waals surface area contributed by atoms with Crippen LogP contribution >= 0.6 is 0 Å². The van der Waals surface area contributed by atoms with Gasteiger partial charge in [0.15, 0.2) is 11.5 Å². The summed E-state index contributed by atoms with van der Waals surface area (Å²) < 4.78 is 10.6. The van der Waals surface area contributed by atoms with Crippen LogP contribution in [0.1, 0.15) is 31.7 Å². The van der Waals surface area contributed by atoms with E-state index in [-0.39, 0.29) is 12.8 Å². The monoisotopic (exact) mass is 312 g/mol.